The van der Waals surface area contributed by atoms with Crippen molar-refractivity contribution in [2.24, 2.45) is 0 Å². The number of halogens is 9. The van der Waals surface area contributed by atoms with E-state index in [2.05, 4.69) is 0 Å². The molecule has 0 atom stereocenters. The van der Waals surface area contributed by atoms with Crippen molar-refractivity contribution >= 4 is 11.6 Å². The molecular weight excluding hydrogens is 384 g/mol. The standard InChI is InChI=1S/C14H5ClF8N2/c15-9-8(5-24)10(25-11(9)12(16,17)14(21,22)23)6-1-3-7(4-2-6)13(18,19)20/h1-4,25H. The molecule has 0 saturated heterocycles. The van der Waals surface area contributed by atoms with Crippen molar-refractivity contribution in [1.29, 1.82) is 5.26 Å². The van der Waals surface area contributed by atoms with Gasteiger partial charge in [-0.05, 0) is 17.7 Å². The molecule has 1 aromatic heterocycles. The van der Waals surface area contributed by atoms with Crippen molar-refractivity contribution in [3.05, 3.63) is 46.1 Å². The first-order chi connectivity index (χ1) is 11.3. The maximum absolute atomic E-state index is 13.5. The fourth-order valence-electron chi connectivity index (χ4n) is 1.98. The summed E-state index contributed by atoms with van der Waals surface area (Å²) in [5.74, 6) is -5.38. The molecule has 0 fully saturated rings. The number of nitrogens with one attached hydrogen (secondary N) is 1. The highest BCUT2D eigenvalue weighted by molar-refractivity contribution is 6.33. The zero-order valence-corrected chi connectivity index (χ0v) is 12.4. The monoisotopic (exact) mass is 388 g/mol. The predicted molar refractivity (Wildman–Crippen MR) is 70.9 cm³/mol. The number of nitriles is 1. The highest BCUT2D eigenvalue weighted by Crippen LogP contribution is 2.48. The maximum Gasteiger partial charge on any atom is 0.459 e. The van der Waals surface area contributed by atoms with Gasteiger partial charge in [0.2, 0.25) is 0 Å². The second-order valence-electron chi connectivity index (χ2n) is 4.82. The normalized spacial score (nSPS) is 13.0. The Bertz CT molecular complexity index is 825. The fourth-order valence-corrected chi connectivity index (χ4v) is 2.29. The Hall–Kier alpha value is -2.28. The van der Waals surface area contributed by atoms with Crippen LogP contribution in [0, 0.1) is 11.3 Å². The number of nitrogens with zero attached hydrogens (tertiary/aromatic N) is 1. The van der Waals surface area contributed by atoms with Crippen LogP contribution in [-0.2, 0) is 12.1 Å². The third-order valence-electron chi connectivity index (χ3n) is 3.22. The molecule has 0 radical (unpaired) electrons. The van der Waals surface area contributed by atoms with E-state index in [9.17, 15) is 35.1 Å². The molecule has 25 heavy (non-hydrogen) atoms. The lowest BCUT2D eigenvalue weighted by Gasteiger charge is -2.18. The molecule has 2 nitrogen and oxygen atoms in total. The second-order valence-corrected chi connectivity index (χ2v) is 5.20. The molecule has 0 saturated carbocycles. The van der Waals surface area contributed by atoms with E-state index in [1.165, 1.54) is 6.07 Å². The average molecular weight is 389 g/mol. The van der Waals surface area contributed by atoms with Gasteiger partial charge in [-0.2, -0.15) is 40.4 Å². The van der Waals surface area contributed by atoms with E-state index in [1.807, 2.05) is 0 Å². The SMILES string of the molecule is N#Cc1c(-c2ccc(C(F)(F)F)cc2)[nH]c(C(F)(F)C(F)(F)F)c1Cl. The van der Waals surface area contributed by atoms with Crippen LogP contribution in [0.25, 0.3) is 11.3 Å². The van der Waals surface area contributed by atoms with Crippen molar-refractivity contribution < 1.29 is 35.1 Å². The first-order valence-corrected chi connectivity index (χ1v) is 6.62. The van der Waals surface area contributed by atoms with Crippen LogP contribution in [0.2, 0.25) is 5.02 Å². The minimum atomic E-state index is -5.98. The van der Waals surface area contributed by atoms with Crippen molar-refractivity contribution in [3.8, 4) is 17.3 Å². The molecule has 2 aromatic rings. The summed E-state index contributed by atoms with van der Waals surface area (Å²) in [5.41, 5.74) is -4.31. The van der Waals surface area contributed by atoms with Crippen molar-refractivity contribution in [3.63, 3.8) is 0 Å². The molecule has 1 heterocycles. The highest BCUT2D eigenvalue weighted by Gasteiger charge is 2.61. The van der Waals surface area contributed by atoms with E-state index in [0.717, 1.165) is 12.1 Å². The molecule has 0 amide bonds. The van der Waals surface area contributed by atoms with Crippen LogP contribution in [0.4, 0.5) is 35.1 Å². The highest BCUT2D eigenvalue weighted by atomic mass is 35.5. The van der Waals surface area contributed by atoms with E-state index in [1.54, 1.807) is 4.98 Å². The molecule has 11 heteroatoms. The Kier molecular flexibility index (Phi) is 4.50. The molecule has 1 aromatic carbocycles. The van der Waals surface area contributed by atoms with Crippen LogP contribution in [0.15, 0.2) is 24.3 Å². The van der Waals surface area contributed by atoms with Gasteiger partial charge in [0, 0.05) is 0 Å². The van der Waals surface area contributed by atoms with E-state index in [4.69, 9.17) is 16.9 Å². The number of H-pyrrole nitrogens is 1. The van der Waals surface area contributed by atoms with Crippen molar-refractivity contribution in [2.75, 3.05) is 0 Å². The maximum atomic E-state index is 13.5. The third kappa shape index (κ3) is 3.28. The lowest BCUT2D eigenvalue weighted by molar-refractivity contribution is -0.290. The number of hydrogen-bond donors (Lipinski definition) is 1. The largest absolute Gasteiger partial charge is 0.459 e. The quantitative estimate of drug-likeness (QED) is 0.641. The smallest absolute Gasteiger partial charge is 0.351 e. The Morgan fingerprint density at radius 2 is 1.44 bits per heavy atom. The molecule has 0 spiro atoms. The number of hydrogen-bond acceptors (Lipinski definition) is 1. The molecule has 2 rings (SSSR count). The molecule has 0 aliphatic rings. The van der Waals surface area contributed by atoms with Gasteiger partial charge in [0.05, 0.1) is 21.8 Å². The summed E-state index contributed by atoms with van der Waals surface area (Å²) in [6, 6.07) is 4.19. The summed E-state index contributed by atoms with van der Waals surface area (Å²) < 4.78 is 102. The number of alkyl halides is 8. The number of benzene rings is 1. The van der Waals surface area contributed by atoms with Gasteiger partial charge in [-0.25, -0.2) is 0 Å². The van der Waals surface area contributed by atoms with E-state index in [-0.39, 0.29) is 5.56 Å². The lowest BCUT2D eigenvalue weighted by atomic mass is 10.1. The molecular formula is C14H5ClF8N2. The molecule has 0 unspecified atom stereocenters. The van der Waals surface area contributed by atoms with Gasteiger partial charge in [-0.3, -0.25) is 0 Å². The van der Waals surface area contributed by atoms with Gasteiger partial charge in [-0.15, -0.1) is 0 Å². The van der Waals surface area contributed by atoms with E-state index < -0.39 is 45.8 Å². The third-order valence-corrected chi connectivity index (χ3v) is 3.60. The Morgan fingerprint density at radius 3 is 1.84 bits per heavy atom. The van der Waals surface area contributed by atoms with Gasteiger partial charge in [0.25, 0.3) is 0 Å². The molecule has 1 N–H and O–H groups in total. The van der Waals surface area contributed by atoms with Gasteiger partial charge >= 0.3 is 18.3 Å². The Balaban J connectivity index is 2.61. The lowest BCUT2D eigenvalue weighted by Crippen LogP contribution is -2.34. The Morgan fingerprint density at radius 1 is 0.920 bits per heavy atom. The topological polar surface area (TPSA) is 39.6 Å². The zero-order valence-electron chi connectivity index (χ0n) is 11.7. The van der Waals surface area contributed by atoms with Crippen LogP contribution < -0.4 is 0 Å². The molecule has 134 valence electrons. The van der Waals surface area contributed by atoms with Crippen molar-refractivity contribution in [2.45, 2.75) is 18.3 Å². The van der Waals surface area contributed by atoms with Crippen LogP contribution >= 0.6 is 11.6 Å². The summed E-state index contributed by atoms with van der Waals surface area (Å²) >= 11 is 5.46. The first kappa shape index (κ1) is 19.1. The van der Waals surface area contributed by atoms with Gasteiger partial charge in [0.15, 0.2) is 0 Å². The summed E-state index contributed by atoms with van der Waals surface area (Å²) in [6.07, 6.45) is -10.6. The summed E-state index contributed by atoms with van der Waals surface area (Å²) in [6.45, 7) is 0. The zero-order chi connectivity index (χ0) is 19.2. The number of aromatic nitrogens is 1. The van der Waals surface area contributed by atoms with Crippen LogP contribution in [0.5, 0.6) is 0 Å². The molecule has 0 aliphatic heterocycles. The van der Waals surface area contributed by atoms with Crippen LogP contribution in [0.1, 0.15) is 16.8 Å². The van der Waals surface area contributed by atoms with Crippen LogP contribution in [-0.4, -0.2) is 11.2 Å². The van der Waals surface area contributed by atoms with E-state index in [0.29, 0.717) is 12.1 Å². The molecule has 0 aliphatic carbocycles. The second kappa shape index (κ2) is 5.91. The fraction of sp³-hybridized carbons (Fsp3) is 0.214. The number of rotatable bonds is 2. The van der Waals surface area contributed by atoms with Gasteiger partial charge < -0.3 is 4.98 Å². The molecule has 0 bridgehead atoms. The summed E-state index contributed by atoms with van der Waals surface area (Å²) in [4.78, 5) is 1.72. The minimum absolute atomic E-state index is 0.212. The predicted octanol–water partition coefficient (Wildman–Crippen LogP) is 5.88. The minimum Gasteiger partial charge on any atom is -0.351 e. The van der Waals surface area contributed by atoms with E-state index >= 15 is 0 Å². The van der Waals surface area contributed by atoms with Crippen LogP contribution in [0.3, 0.4) is 0 Å². The number of aromatic amines is 1. The first-order valence-electron chi connectivity index (χ1n) is 6.25. The Labute approximate surface area is 139 Å². The van der Waals surface area contributed by atoms with Gasteiger partial charge in [-0.1, -0.05) is 23.7 Å². The summed E-state index contributed by atoms with van der Waals surface area (Å²) in [7, 11) is 0. The average Bonchev–Trinajstić information content (AvgIpc) is 2.82. The summed E-state index contributed by atoms with van der Waals surface area (Å²) in [5, 5.41) is 7.81. The van der Waals surface area contributed by atoms with Gasteiger partial charge in [0.1, 0.15) is 11.8 Å². The van der Waals surface area contributed by atoms with Crippen molar-refractivity contribution in [1.82, 2.24) is 4.98 Å².